The van der Waals surface area contributed by atoms with Crippen LogP contribution in [0.25, 0.3) is 11.3 Å². The van der Waals surface area contributed by atoms with E-state index in [-0.39, 0.29) is 29.0 Å². The van der Waals surface area contributed by atoms with Gasteiger partial charge in [0.1, 0.15) is 23.8 Å². The van der Waals surface area contributed by atoms with E-state index in [1.54, 1.807) is 60.7 Å². The number of halogens is 3. The van der Waals surface area contributed by atoms with Crippen molar-refractivity contribution in [2.75, 3.05) is 11.9 Å². The van der Waals surface area contributed by atoms with Crippen LogP contribution in [0.4, 0.5) is 5.69 Å². The molecule has 5 aromatic rings. The van der Waals surface area contributed by atoms with Gasteiger partial charge >= 0.3 is 0 Å². The molecule has 0 radical (unpaired) electrons. The number of nitrogens with one attached hydrogen (secondary N) is 2. The van der Waals surface area contributed by atoms with Crippen LogP contribution in [0.1, 0.15) is 57.4 Å². The van der Waals surface area contributed by atoms with Crippen molar-refractivity contribution in [2.24, 2.45) is 0 Å². The van der Waals surface area contributed by atoms with E-state index >= 15 is 0 Å². The van der Waals surface area contributed by atoms with Gasteiger partial charge in [0.05, 0.1) is 26.2 Å². The molecule has 0 saturated carbocycles. The Balaban J connectivity index is 1.24. The zero-order chi connectivity index (χ0) is 31.9. The second-order valence-electron chi connectivity index (χ2n) is 10.6. The summed E-state index contributed by atoms with van der Waals surface area (Å²) in [6.07, 6.45) is 0.718. The van der Waals surface area contributed by atoms with Crippen LogP contribution in [0.2, 0.25) is 15.1 Å². The lowest BCUT2D eigenvalue weighted by Gasteiger charge is -2.12. The molecular weight excluding hydrogens is 633 g/mol. The van der Waals surface area contributed by atoms with Crippen molar-refractivity contribution in [3.8, 4) is 17.0 Å². The molecule has 0 atom stereocenters. The molecule has 10 heteroatoms. The molecule has 0 aliphatic heterocycles. The molecule has 1 heterocycles. The van der Waals surface area contributed by atoms with Gasteiger partial charge in [0, 0.05) is 29.3 Å². The summed E-state index contributed by atoms with van der Waals surface area (Å²) in [5.74, 6) is 0.465. The molecule has 2 N–H and O–H groups in total. The maximum atomic E-state index is 13.1. The summed E-state index contributed by atoms with van der Waals surface area (Å²) in [6, 6.07) is 26.7. The fourth-order valence-corrected chi connectivity index (χ4v) is 5.60. The summed E-state index contributed by atoms with van der Waals surface area (Å²) in [5.41, 5.74) is 4.06. The van der Waals surface area contributed by atoms with E-state index in [0.717, 1.165) is 12.0 Å². The third-order valence-electron chi connectivity index (χ3n) is 7.04. The first kappa shape index (κ1) is 32.1. The quantitative estimate of drug-likeness (QED) is 0.147. The van der Waals surface area contributed by atoms with Gasteiger partial charge in [0.2, 0.25) is 0 Å². The van der Waals surface area contributed by atoms with Crippen molar-refractivity contribution in [3.05, 3.63) is 134 Å². The minimum absolute atomic E-state index is 0.0274. The number of carbonyl (C=O) groups excluding carboxylic acids is 2. The molecule has 1 aromatic heterocycles. The highest BCUT2D eigenvalue weighted by atomic mass is 35.5. The number of nitrogens with zero attached hydrogens (tertiary/aromatic N) is 1. The molecule has 0 saturated heterocycles. The van der Waals surface area contributed by atoms with Crippen LogP contribution in [0, 0.1) is 0 Å². The van der Waals surface area contributed by atoms with E-state index < -0.39 is 5.91 Å². The Hall–Kier alpha value is -4.30. The van der Waals surface area contributed by atoms with Crippen LogP contribution in [-0.2, 0) is 13.0 Å². The summed E-state index contributed by atoms with van der Waals surface area (Å²) in [7, 11) is 0. The topological polar surface area (TPSA) is 93.5 Å². The number of rotatable bonds is 11. The van der Waals surface area contributed by atoms with Crippen molar-refractivity contribution in [1.29, 1.82) is 0 Å². The van der Waals surface area contributed by atoms with E-state index in [2.05, 4.69) is 15.8 Å². The van der Waals surface area contributed by atoms with Gasteiger partial charge in [-0.25, -0.2) is 0 Å². The van der Waals surface area contributed by atoms with Crippen LogP contribution < -0.4 is 15.4 Å². The minimum atomic E-state index is -0.426. The van der Waals surface area contributed by atoms with Crippen molar-refractivity contribution in [1.82, 2.24) is 10.5 Å². The number of anilines is 1. The van der Waals surface area contributed by atoms with Crippen LogP contribution >= 0.6 is 34.8 Å². The Kier molecular flexibility index (Phi) is 10.5. The fourth-order valence-electron chi connectivity index (χ4n) is 4.76. The number of carbonyl (C=O) groups is 2. The predicted octanol–water partition coefficient (Wildman–Crippen LogP) is 9.23. The highest BCUT2D eigenvalue weighted by Gasteiger charge is 2.24. The zero-order valence-electron chi connectivity index (χ0n) is 24.6. The largest absolute Gasteiger partial charge is 0.489 e. The number of benzene rings is 4. The Bertz CT molecular complexity index is 1800. The maximum Gasteiger partial charge on any atom is 0.257 e. The van der Waals surface area contributed by atoms with Crippen LogP contribution in [-0.4, -0.2) is 23.5 Å². The summed E-state index contributed by atoms with van der Waals surface area (Å²) in [4.78, 5) is 25.8. The Morgan fingerprint density at radius 2 is 1.58 bits per heavy atom. The van der Waals surface area contributed by atoms with Crippen molar-refractivity contribution in [2.45, 2.75) is 32.8 Å². The monoisotopic (exact) mass is 661 g/mol. The van der Waals surface area contributed by atoms with E-state index in [9.17, 15) is 9.59 Å². The maximum absolute atomic E-state index is 13.1. The lowest BCUT2D eigenvalue weighted by molar-refractivity contribution is 0.0952. The lowest BCUT2D eigenvalue weighted by atomic mass is 10.0. The van der Waals surface area contributed by atoms with Crippen molar-refractivity contribution < 1.29 is 18.8 Å². The minimum Gasteiger partial charge on any atom is -0.489 e. The van der Waals surface area contributed by atoms with E-state index in [1.165, 1.54) is 0 Å². The van der Waals surface area contributed by atoms with Crippen LogP contribution in [0.3, 0.4) is 0 Å². The van der Waals surface area contributed by atoms with Crippen LogP contribution in [0.5, 0.6) is 5.75 Å². The molecular formula is C35H30Cl3N3O4. The third kappa shape index (κ3) is 7.87. The van der Waals surface area contributed by atoms with Gasteiger partial charge in [0.15, 0.2) is 0 Å². The molecule has 45 heavy (non-hydrogen) atoms. The molecule has 0 aliphatic rings. The van der Waals surface area contributed by atoms with Crippen molar-refractivity contribution >= 4 is 52.3 Å². The van der Waals surface area contributed by atoms with Crippen molar-refractivity contribution in [3.63, 3.8) is 0 Å². The first-order chi connectivity index (χ1) is 21.7. The first-order valence-electron chi connectivity index (χ1n) is 14.3. The summed E-state index contributed by atoms with van der Waals surface area (Å²) >= 11 is 19.4. The third-order valence-corrected chi connectivity index (χ3v) is 7.98. The second kappa shape index (κ2) is 14.7. The molecule has 5 rings (SSSR count). The lowest BCUT2D eigenvalue weighted by Crippen LogP contribution is -2.25. The van der Waals surface area contributed by atoms with Gasteiger partial charge in [-0.3, -0.25) is 9.59 Å². The number of hydrogen-bond acceptors (Lipinski definition) is 5. The molecule has 0 aliphatic carbocycles. The summed E-state index contributed by atoms with van der Waals surface area (Å²) in [5, 5.41) is 11.1. The van der Waals surface area contributed by atoms with E-state index in [0.29, 0.717) is 56.2 Å². The molecule has 7 nitrogen and oxygen atoms in total. The second-order valence-corrected chi connectivity index (χ2v) is 11.8. The number of ether oxygens (including phenoxy) is 1. The van der Waals surface area contributed by atoms with Gasteiger partial charge < -0.3 is 19.9 Å². The summed E-state index contributed by atoms with van der Waals surface area (Å²) < 4.78 is 11.7. The molecule has 0 spiro atoms. The Morgan fingerprint density at radius 3 is 2.29 bits per heavy atom. The average Bonchev–Trinajstić information content (AvgIpc) is 3.44. The fraction of sp³-hybridized carbons (Fsp3) is 0.171. The van der Waals surface area contributed by atoms with Gasteiger partial charge in [-0.1, -0.05) is 96.3 Å². The first-order valence-corrected chi connectivity index (χ1v) is 15.4. The zero-order valence-corrected chi connectivity index (χ0v) is 26.8. The van der Waals surface area contributed by atoms with Crippen LogP contribution in [0.15, 0.2) is 95.5 Å². The van der Waals surface area contributed by atoms with E-state index in [4.69, 9.17) is 44.1 Å². The SMILES string of the molecule is CC(C)c1onc(-c2c(Cl)cccc2Cl)c1COc1ccc(C(=O)Nc2cccc(C(=O)NCCc3ccccc3)c2)c(Cl)c1. The van der Waals surface area contributed by atoms with E-state index in [1.807, 2.05) is 44.2 Å². The average molecular weight is 663 g/mol. The number of amides is 2. The standard InChI is InChI=1S/C35H30Cl3N3O4/c1-21(2)33-27(32(41-45-33)31-28(36)12-7-13-29(31)37)20-44-25-14-15-26(30(38)19-25)35(43)40-24-11-6-10-23(18-24)34(42)39-17-16-22-8-4-3-5-9-22/h3-15,18-19,21H,16-17,20H2,1-2H3,(H,39,42)(H,40,43). The van der Waals surface area contributed by atoms with Gasteiger partial charge in [-0.15, -0.1) is 0 Å². The molecule has 0 bridgehead atoms. The molecule has 2 amide bonds. The van der Waals surface area contributed by atoms with Gasteiger partial charge in [-0.05, 0) is 60.5 Å². The molecule has 230 valence electrons. The smallest absolute Gasteiger partial charge is 0.257 e. The number of aromatic nitrogens is 1. The Morgan fingerprint density at radius 1 is 0.844 bits per heavy atom. The predicted molar refractivity (Wildman–Crippen MR) is 179 cm³/mol. The highest BCUT2D eigenvalue weighted by molar-refractivity contribution is 6.39. The highest BCUT2D eigenvalue weighted by Crippen LogP contribution is 2.39. The number of hydrogen-bond donors (Lipinski definition) is 2. The normalized spacial score (nSPS) is 11.0. The molecule has 0 fully saturated rings. The molecule has 4 aromatic carbocycles. The summed E-state index contributed by atoms with van der Waals surface area (Å²) in [6.45, 7) is 4.57. The Labute approximate surface area is 276 Å². The molecule has 0 unspecified atom stereocenters. The van der Waals surface area contributed by atoms with Gasteiger partial charge in [-0.2, -0.15) is 0 Å². The van der Waals surface area contributed by atoms with Gasteiger partial charge in [0.25, 0.3) is 11.8 Å².